The molecule has 22 heavy (non-hydrogen) atoms. The number of hydrogen-bond acceptors (Lipinski definition) is 2. The van der Waals surface area contributed by atoms with E-state index in [0.717, 1.165) is 31.2 Å². The quantitative estimate of drug-likeness (QED) is 0.907. The number of halogens is 1. The highest BCUT2D eigenvalue weighted by atomic mass is 19.1. The zero-order valence-electron chi connectivity index (χ0n) is 13.1. The summed E-state index contributed by atoms with van der Waals surface area (Å²) >= 11 is 0. The maximum atomic E-state index is 13.2. The predicted molar refractivity (Wildman–Crippen MR) is 82.6 cm³/mol. The van der Waals surface area contributed by atoms with Gasteiger partial charge in [0.25, 0.3) is 0 Å². The molecule has 120 valence electrons. The molecular formula is C17H23FN2O2. The van der Waals surface area contributed by atoms with E-state index in [-0.39, 0.29) is 24.3 Å². The summed E-state index contributed by atoms with van der Waals surface area (Å²) < 4.78 is 13.2. The van der Waals surface area contributed by atoms with Gasteiger partial charge in [0.05, 0.1) is 12.0 Å². The van der Waals surface area contributed by atoms with Crippen LogP contribution in [-0.4, -0.2) is 29.3 Å². The standard InChI is InChI=1S/C17H23FN2O2/c1-12(2)20(11-15(19)21)16(22)17(9-3-4-10-17)13-5-7-14(18)8-6-13/h5-8,12H,3-4,9-11H2,1-2H3,(H2,19,21). The number of rotatable bonds is 5. The number of nitrogens with zero attached hydrogens (tertiary/aromatic N) is 1. The highest BCUT2D eigenvalue weighted by molar-refractivity contribution is 5.91. The Labute approximate surface area is 130 Å². The molecule has 1 aromatic carbocycles. The maximum Gasteiger partial charge on any atom is 0.237 e. The summed E-state index contributed by atoms with van der Waals surface area (Å²) in [7, 11) is 0. The Kier molecular flexibility index (Phi) is 4.84. The molecule has 2 amide bonds. The summed E-state index contributed by atoms with van der Waals surface area (Å²) in [6.07, 6.45) is 3.34. The van der Waals surface area contributed by atoms with Crippen LogP contribution < -0.4 is 5.73 Å². The van der Waals surface area contributed by atoms with Crippen molar-refractivity contribution in [2.75, 3.05) is 6.54 Å². The second kappa shape index (κ2) is 6.46. The third-order valence-electron chi connectivity index (χ3n) is 4.47. The molecule has 4 nitrogen and oxygen atoms in total. The van der Waals surface area contributed by atoms with E-state index < -0.39 is 11.3 Å². The second-order valence-electron chi connectivity index (χ2n) is 6.29. The molecule has 1 saturated carbocycles. The van der Waals surface area contributed by atoms with E-state index >= 15 is 0 Å². The molecular weight excluding hydrogens is 283 g/mol. The van der Waals surface area contributed by atoms with E-state index in [1.807, 2.05) is 13.8 Å². The highest BCUT2D eigenvalue weighted by Gasteiger charge is 2.45. The summed E-state index contributed by atoms with van der Waals surface area (Å²) in [5, 5.41) is 0. The lowest BCUT2D eigenvalue weighted by molar-refractivity contribution is -0.142. The lowest BCUT2D eigenvalue weighted by Gasteiger charge is -2.36. The smallest absolute Gasteiger partial charge is 0.237 e. The first-order chi connectivity index (χ1) is 10.4. The van der Waals surface area contributed by atoms with E-state index in [4.69, 9.17) is 5.73 Å². The topological polar surface area (TPSA) is 63.4 Å². The molecule has 0 heterocycles. The van der Waals surface area contributed by atoms with Crippen LogP contribution >= 0.6 is 0 Å². The largest absolute Gasteiger partial charge is 0.368 e. The normalized spacial score (nSPS) is 16.7. The zero-order chi connectivity index (χ0) is 16.3. The van der Waals surface area contributed by atoms with Crippen LogP contribution in [0.2, 0.25) is 0 Å². The summed E-state index contributed by atoms with van der Waals surface area (Å²) in [6.45, 7) is 3.65. The van der Waals surface area contributed by atoms with Gasteiger partial charge in [0.15, 0.2) is 0 Å². The third kappa shape index (κ3) is 3.13. The molecule has 5 heteroatoms. The molecule has 0 aliphatic heterocycles. The van der Waals surface area contributed by atoms with Crippen LogP contribution in [-0.2, 0) is 15.0 Å². The van der Waals surface area contributed by atoms with Crippen LogP contribution in [0, 0.1) is 5.82 Å². The molecule has 0 atom stereocenters. The SMILES string of the molecule is CC(C)N(CC(N)=O)C(=O)C1(c2ccc(F)cc2)CCCC1. The molecule has 0 aromatic heterocycles. The minimum absolute atomic E-state index is 0.0783. The Morgan fingerprint density at radius 1 is 1.23 bits per heavy atom. The second-order valence-corrected chi connectivity index (χ2v) is 6.29. The van der Waals surface area contributed by atoms with Gasteiger partial charge in [0, 0.05) is 6.04 Å². The molecule has 1 aliphatic carbocycles. The zero-order valence-corrected chi connectivity index (χ0v) is 13.1. The van der Waals surface area contributed by atoms with E-state index in [1.54, 1.807) is 12.1 Å². The van der Waals surface area contributed by atoms with Crippen LogP contribution in [0.15, 0.2) is 24.3 Å². The molecule has 1 aromatic rings. The average Bonchev–Trinajstić information content (AvgIpc) is 2.95. The monoisotopic (exact) mass is 306 g/mol. The number of carbonyl (C=O) groups is 2. The molecule has 0 spiro atoms. The number of nitrogens with two attached hydrogens (primary N) is 1. The molecule has 0 unspecified atom stereocenters. The molecule has 0 radical (unpaired) electrons. The van der Waals surface area contributed by atoms with Crippen molar-refractivity contribution in [1.29, 1.82) is 0 Å². The predicted octanol–water partition coefficient (Wildman–Crippen LogP) is 2.36. The van der Waals surface area contributed by atoms with Crippen LogP contribution in [0.25, 0.3) is 0 Å². The van der Waals surface area contributed by atoms with Gasteiger partial charge in [-0.1, -0.05) is 25.0 Å². The van der Waals surface area contributed by atoms with Gasteiger partial charge in [0.2, 0.25) is 11.8 Å². The Hall–Kier alpha value is -1.91. The summed E-state index contributed by atoms with van der Waals surface area (Å²) in [5.74, 6) is -0.915. The molecule has 1 fully saturated rings. The average molecular weight is 306 g/mol. The fraction of sp³-hybridized carbons (Fsp3) is 0.529. The number of hydrogen-bond donors (Lipinski definition) is 1. The first-order valence-corrected chi connectivity index (χ1v) is 7.72. The van der Waals surface area contributed by atoms with Gasteiger partial charge in [-0.2, -0.15) is 0 Å². The van der Waals surface area contributed by atoms with Crippen molar-refractivity contribution < 1.29 is 14.0 Å². The minimum Gasteiger partial charge on any atom is -0.368 e. The van der Waals surface area contributed by atoms with Crippen molar-refractivity contribution in [2.24, 2.45) is 5.73 Å². The first kappa shape index (κ1) is 16.5. The van der Waals surface area contributed by atoms with Crippen LogP contribution in [0.1, 0.15) is 45.1 Å². The summed E-state index contributed by atoms with van der Waals surface area (Å²) in [6, 6.07) is 6.02. The van der Waals surface area contributed by atoms with Crippen molar-refractivity contribution in [1.82, 2.24) is 4.90 Å². The van der Waals surface area contributed by atoms with Crippen molar-refractivity contribution >= 4 is 11.8 Å². The van der Waals surface area contributed by atoms with Crippen LogP contribution in [0.4, 0.5) is 4.39 Å². The highest BCUT2D eigenvalue weighted by Crippen LogP contribution is 2.43. The Balaban J connectivity index is 2.39. The van der Waals surface area contributed by atoms with E-state index in [1.165, 1.54) is 17.0 Å². The maximum absolute atomic E-state index is 13.2. The lowest BCUT2D eigenvalue weighted by atomic mass is 9.77. The fourth-order valence-electron chi connectivity index (χ4n) is 3.31. The Bertz CT molecular complexity index is 548. The van der Waals surface area contributed by atoms with E-state index in [2.05, 4.69) is 0 Å². The van der Waals surface area contributed by atoms with E-state index in [0.29, 0.717) is 0 Å². The third-order valence-corrected chi connectivity index (χ3v) is 4.47. The first-order valence-electron chi connectivity index (χ1n) is 7.72. The molecule has 0 saturated heterocycles. The van der Waals surface area contributed by atoms with E-state index in [9.17, 15) is 14.0 Å². The number of amides is 2. The number of carbonyl (C=O) groups excluding carboxylic acids is 2. The van der Waals surface area contributed by atoms with Crippen LogP contribution in [0.5, 0.6) is 0 Å². The van der Waals surface area contributed by atoms with Gasteiger partial charge >= 0.3 is 0 Å². The molecule has 1 aliphatic rings. The number of primary amides is 1. The van der Waals surface area contributed by atoms with Crippen molar-refractivity contribution in [3.63, 3.8) is 0 Å². The van der Waals surface area contributed by atoms with Crippen LogP contribution in [0.3, 0.4) is 0 Å². The van der Waals surface area contributed by atoms with Gasteiger partial charge in [-0.25, -0.2) is 4.39 Å². The Morgan fingerprint density at radius 3 is 2.23 bits per heavy atom. The van der Waals surface area contributed by atoms with Gasteiger partial charge in [-0.3, -0.25) is 9.59 Å². The lowest BCUT2D eigenvalue weighted by Crippen LogP contribution is -2.51. The number of benzene rings is 1. The summed E-state index contributed by atoms with van der Waals surface area (Å²) in [5.41, 5.74) is 5.45. The van der Waals surface area contributed by atoms with Gasteiger partial charge in [0.1, 0.15) is 5.82 Å². The van der Waals surface area contributed by atoms with Gasteiger partial charge in [-0.15, -0.1) is 0 Å². The minimum atomic E-state index is -0.659. The van der Waals surface area contributed by atoms with Crippen molar-refractivity contribution in [3.05, 3.63) is 35.6 Å². The van der Waals surface area contributed by atoms with Crippen molar-refractivity contribution in [3.8, 4) is 0 Å². The van der Waals surface area contributed by atoms with Crippen molar-refractivity contribution in [2.45, 2.75) is 51.0 Å². The van der Waals surface area contributed by atoms with Gasteiger partial charge < -0.3 is 10.6 Å². The molecule has 2 N–H and O–H groups in total. The molecule has 0 bridgehead atoms. The fourth-order valence-corrected chi connectivity index (χ4v) is 3.31. The molecule has 2 rings (SSSR count). The van der Waals surface area contributed by atoms with Gasteiger partial charge in [-0.05, 0) is 44.4 Å². The summed E-state index contributed by atoms with van der Waals surface area (Å²) in [4.78, 5) is 26.0. The Morgan fingerprint density at radius 2 is 1.77 bits per heavy atom.